The number of hydrogen-bond acceptors (Lipinski definition) is 3. The van der Waals surface area contributed by atoms with Crippen LogP contribution >= 0.6 is 0 Å². The van der Waals surface area contributed by atoms with Gasteiger partial charge in [-0.15, -0.1) is 0 Å². The number of nitrogens with zero attached hydrogens (tertiary/aromatic N) is 2. The quantitative estimate of drug-likeness (QED) is 0.662. The van der Waals surface area contributed by atoms with Crippen molar-refractivity contribution in [1.82, 2.24) is 4.57 Å². The van der Waals surface area contributed by atoms with Crippen LogP contribution in [0, 0.1) is 10.1 Å². The normalized spacial score (nSPS) is 12.3. The minimum Gasteiger partial charge on any atom is -0.350 e. The Morgan fingerprint density at radius 1 is 1.32 bits per heavy atom. The Hall–Kier alpha value is -2.14. The molecule has 2 aromatic rings. The highest BCUT2D eigenvalue weighted by Crippen LogP contribution is 2.16. The van der Waals surface area contributed by atoms with Crippen molar-refractivity contribution < 1.29 is 4.92 Å². The Morgan fingerprint density at radius 3 is 2.58 bits per heavy atom. The number of nitro benzene ring substituents is 1. The second kappa shape index (κ2) is 5.67. The van der Waals surface area contributed by atoms with Crippen molar-refractivity contribution >= 4 is 5.69 Å². The molecule has 0 aliphatic heterocycles. The molecule has 19 heavy (non-hydrogen) atoms. The molecule has 0 fully saturated rings. The smallest absolute Gasteiger partial charge is 0.269 e. The van der Waals surface area contributed by atoms with E-state index >= 15 is 0 Å². The molecule has 100 valence electrons. The summed E-state index contributed by atoms with van der Waals surface area (Å²) >= 11 is 0. The highest BCUT2D eigenvalue weighted by Gasteiger charge is 2.06. The largest absolute Gasteiger partial charge is 0.350 e. The number of nitrogens with two attached hydrogens (primary N) is 1. The van der Waals surface area contributed by atoms with E-state index < -0.39 is 4.92 Å². The number of hydrogen-bond donors (Lipinski definition) is 1. The standard InChI is InChI=1S/C14H17N3O2/c1-2-14(15)12-7-8-16(10-12)9-11-3-5-13(6-4-11)17(18)19/h3-8,10,14H,2,9,15H2,1H3. The van der Waals surface area contributed by atoms with E-state index in [9.17, 15) is 10.1 Å². The Morgan fingerprint density at radius 2 is 2.00 bits per heavy atom. The number of benzene rings is 1. The first kappa shape index (κ1) is 13.3. The van der Waals surface area contributed by atoms with Crippen LogP contribution in [0.15, 0.2) is 42.7 Å². The lowest BCUT2D eigenvalue weighted by Gasteiger charge is -2.06. The van der Waals surface area contributed by atoms with E-state index in [4.69, 9.17) is 5.73 Å². The summed E-state index contributed by atoms with van der Waals surface area (Å²) in [6.07, 6.45) is 4.91. The lowest BCUT2D eigenvalue weighted by atomic mass is 10.1. The number of rotatable bonds is 5. The highest BCUT2D eigenvalue weighted by atomic mass is 16.6. The molecule has 0 aliphatic carbocycles. The number of aromatic nitrogens is 1. The maximum absolute atomic E-state index is 10.6. The molecule has 2 N–H and O–H groups in total. The van der Waals surface area contributed by atoms with Gasteiger partial charge in [0, 0.05) is 37.1 Å². The topological polar surface area (TPSA) is 74.1 Å². The lowest BCUT2D eigenvalue weighted by molar-refractivity contribution is -0.384. The van der Waals surface area contributed by atoms with Gasteiger partial charge >= 0.3 is 0 Å². The molecular formula is C14H17N3O2. The van der Waals surface area contributed by atoms with Gasteiger partial charge in [0.15, 0.2) is 0 Å². The average Bonchev–Trinajstić information content (AvgIpc) is 2.87. The van der Waals surface area contributed by atoms with E-state index in [1.807, 2.05) is 23.0 Å². The molecular weight excluding hydrogens is 242 g/mol. The summed E-state index contributed by atoms with van der Waals surface area (Å²) in [5, 5.41) is 10.6. The first-order chi connectivity index (χ1) is 9.10. The molecule has 0 saturated heterocycles. The van der Waals surface area contributed by atoms with E-state index in [1.54, 1.807) is 12.1 Å². The molecule has 0 amide bonds. The fourth-order valence-electron chi connectivity index (χ4n) is 1.95. The van der Waals surface area contributed by atoms with Gasteiger partial charge in [0.1, 0.15) is 0 Å². The summed E-state index contributed by atoms with van der Waals surface area (Å²) in [6, 6.07) is 8.68. The van der Waals surface area contributed by atoms with Crippen LogP contribution in [0.1, 0.15) is 30.5 Å². The molecule has 1 atom stereocenters. The van der Waals surface area contributed by atoms with E-state index in [0.717, 1.165) is 17.5 Å². The van der Waals surface area contributed by atoms with Gasteiger partial charge in [-0.3, -0.25) is 10.1 Å². The predicted molar refractivity (Wildman–Crippen MR) is 73.8 cm³/mol. The maximum atomic E-state index is 10.6. The van der Waals surface area contributed by atoms with Gasteiger partial charge in [-0.1, -0.05) is 19.1 Å². The molecule has 5 heteroatoms. The third-order valence-electron chi connectivity index (χ3n) is 3.15. The summed E-state index contributed by atoms with van der Waals surface area (Å²) < 4.78 is 2.03. The number of non-ortho nitro benzene ring substituents is 1. The van der Waals surface area contributed by atoms with Crippen LogP contribution in [0.3, 0.4) is 0 Å². The van der Waals surface area contributed by atoms with Crippen LogP contribution in [0.2, 0.25) is 0 Å². The predicted octanol–water partition coefficient (Wildman–Crippen LogP) is 2.85. The molecule has 2 rings (SSSR count). The Labute approximate surface area is 111 Å². The lowest BCUT2D eigenvalue weighted by Crippen LogP contribution is -2.07. The maximum Gasteiger partial charge on any atom is 0.269 e. The molecule has 0 spiro atoms. The van der Waals surface area contributed by atoms with Crippen molar-refractivity contribution in [2.45, 2.75) is 25.9 Å². The van der Waals surface area contributed by atoms with Crippen LogP contribution in [0.4, 0.5) is 5.69 Å². The number of nitro groups is 1. The van der Waals surface area contributed by atoms with Crippen molar-refractivity contribution in [1.29, 1.82) is 0 Å². The van der Waals surface area contributed by atoms with E-state index in [0.29, 0.717) is 6.54 Å². The van der Waals surface area contributed by atoms with Crippen LogP contribution in [0.5, 0.6) is 0 Å². The van der Waals surface area contributed by atoms with Crippen molar-refractivity contribution in [2.75, 3.05) is 0 Å². The zero-order valence-electron chi connectivity index (χ0n) is 10.8. The molecule has 1 aromatic heterocycles. The fraction of sp³-hybridized carbons (Fsp3) is 0.286. The molecule has 1 unspecified atom stereocenters. The van der Waals surface area contributed by atoms with Crippen LogP contribution in [-0.4, -0.2) is 9.49 Å². The van der Waals surface area contributed by atoms with Gasteiger partial charge < -0.3 is 10.3 Å². The third-order valence-corrected chi connectivity index (χ3v) is 3.15. The van der Waals surface area contributed by atoms with Gasteiger partial charge in [-0.05, 0) is 23.6 Å². The second-order valence-corrected chi connectivity index (χ2v) is 4.56. The Bertz CT molecular complexity index is 560. The van der Waals surface area contributed by atoms with Gasteiger partial charge in [0.25, 0.3) is 5.69 Å². The highest BCUT2D eigenvalue weighted by molar-refractivity contribution is 5.33. The fourth-order valence-corrected chi connectivity index (χ4v) is 1.95. The van der Waals surface area contributed by atoms with E-state index in [-0.39, 0.29) is 11.7 Å². The van der Waals surface area contributed by atoms with Crippen LogP contribution < -0.4 is 5.73 Å². The van der Waals surface area contributed by atoms with Crippen molar-refractivity contribution in [3.63, 3.8) is 0 Å². The zero-order chi connectivity index (χ0) is 13.8. The molecule has 1 heterocycles. The summed E-state index contributed by atoms with van der Waals surface area (Å²) in [7, 11) is 0. The average molecular weight is 259 g/mol. The van der Waals surface area contributed by atoms with Gasteiger partial charge in [0.2, 0.25) is 0 Å². The first-order valence-electron chi connectivity index (χ1n) is 6.24. The molecule has 0 radical (unpaired) electrons. The summed E-state index contributed by atoms with van der Waals surface area (Å²) in [5.74, 6) is 0. The summed E-state index contributed by atoms with van der Waals surface area (Å²) in [6.45, 7) is 2.74. The van der Waals surface area contributed by atoms with Gasteiger partial charge in [-0.2, -0.15) is 0 Å². The van der Waals surface area contributed by atoms with Crippen LogP contribution in [0.25, 0.3) is 0 Å². The van der Waals surface area contributed by atoms with Gasteiger partial charge in [0.05, 0.1) is 4.92 Å². The van der Waals surface area contributed by atoms with Crippen LogP contribution in [-0.2, 0) is 6.54 Å². The Kier molecular flexibility index (Phi) is 3.97. The molecule has 0 saturated carbocycles. The minimum absolute atomic E-state index is 0.0677. The Balaban J connectivity index is 2.08. The monoisotopic (exact) mass is 259 g/mol. The van der Waals surface area contributed by atoms with E-state index in [1.165, 1.54) is 12.1 Å². The summed E-state index contributed by atoms with van der Waals surface area (Å²) in [4.78, 5) is 10.2. The third kappa shape index (κ3) is 3.20. The van der Waals surface area contributed by atoms with Gasteiger partial charge in [-0.25, -0.2) is 0 Å². The zero-order valence-corrected chi connectivity index (χ0v) is 10.8. The second-order valence-electron chi connectivity index (χ2n) is 4.56. The molecule has 5 nitrogen and oxygen atoms in total. The molecule has 0 aliphatic rings. The van der Waals surface area contributed by atoms with Crippen molar-refractivity contribution in [3.8, 4) is 0 Å². The van der Waals surface area contributed by atoms with Crippen molar-refractivity contribution in [3.05, 3.63) is 64.0 Å². The SMILES string of the molecule is CCC(N)c1ccn(Cc2ccc([N+](=O)[O-])cc2)c1. The molecule has 0 bridgehead atoms. The molecule has 1 aromatic carbocycles. The first-order valence-corrected chi connectivity index (χ1v) is 6.24. The minimum atomic E-state index is -0.391. The van der Waals surface area contributed by atoms with E-state index in [2.05, 4.69) is 6.92 Å². The van der Waals surface area contributed by atoms with Crippen molar-refractivity contribution in [2.24, 2.45) is 5.73 Å². The summed E-state index contributed by atoms with van der Waals surface area (Å²) in [5.41, 5.74) is 8.22.